The summed E-state index contributed by atoms with van der Waals surface area (Å²) in [4.78, 5) is 11.4. The van der Waals surface area contributed by atoms with Gasteiger partial charge in [-0.15, -0.1) is 0 Å². The Morgan fingerprint density at radius 2 is 2.31 bits per heavy atom. The van der Waals surface area contributed by atoms with Crippen molar-refractivity contribution in [1.29, 1.82) is 0 Å². The van der Waals surface area contributed by atoms with Gasteiger partial charge in [0.15, 0.2) is 0 Å². The van der Waals surface area contributed by atoms with Crippen LogP contribution in [-0.4, -0.2) is 25.7 Å². The molecule has 1 aromatic rings. The van der Waals surface area contributed by atoms with Crippen LogP contribution in [0.1, 0.15) is 11.1 Å². The third kappa shape index (κ3) is 2.22. The average Bonchev–Trinajstić information content (AvgIpc) is 2.49. The van der Waals surface area contributed by atoms with Crippen LogP contribution in [0.25, 0.3) is 0 Å². The third-order valence-electron chi connectivity index (χ3n) is 2.86. The Morgan fingerprint density at radius 1 is 1.50 bits per heavy atom. The topological polar surface area (TPSA) is 38.3 Å². The van der Waals surface area contributed by atoms with Crippen LogP contribution in [0.3, 0.4) is 0 Å². The van der Waals surface area contributed by atoms with E-state index in [0.717, 1.165) is 17.5 Å². The van der Waals surface area contributed by atoms with Crippen molar-refractivity contribution in [3.05, 3.63) is 35.1 Å². The van der Waals surface area contributed by atoms with Gasteiger partial charge in [0, 0.05) is 0 Å². The number of carbonyl (C=O) groups is 1. The highest BCUT2D eigenvalue weighted by molar-refractivity contribution is 5.76. The monoisotopic (exact) mass is 223 g/mol. The molecule has 3 nitrogen and oxygen atoms in total. The number of benzene rings is 1. The van der Waals surface area contributed by atoms with Gasteiger partial charge in [-0.1, -0.05) is 6.07 Å². The molecule has 0 radical (unpaired) electrons. The summed E-state index contributed by atoms with van der Waals surface area (Å²) in [6, 6.07) is 4.37. The normalized spacial score (nSPS) is 19.8. The van der Waals surface area contributed by atoms with Gasteiger partial charge in [0.1, 0.15) is 11.9 Å². The van der Waals surface area contributed by atoms with Crippen molar-refractivity contribution in [2.24, 2.45) is 0 Å². The Hall–Kier alpha value is -1.42. The highest BCUT2D eigenvalue weighted by atomic mass is 19.1. The van der Waals surface area contributed by atoms with Gasteiger partial charge in [0.2, 0.25) is 0 Å². The Bertz CT molecular complexity index is 406. The lowest BCUT2D eigenvalue weighted by atomic mass is 10.0. The van der Waals surface area contributed by atoms with Gasteiger partial charge in [0.25, 0.3) is 0 Å². The summed E-state index contributed by atoms with van der Waals surface area (Å²) in [7, 11) is 1.36. The van der Waals surface area contributed by atoms with Crippen LogP contribution < -0.4 is 5.32 Å². The molecule has 4 heteroatoms. The molecule has 1 aliphatic heterocycles. The SMILES string of the molecule is COC(=O)C1Cc2cc(F)ccc2CCN1. The van der Waals surface area contributed by atoms with Gasteiger partial charge in [-0.25, -0.2) is 4.39 Å². The van der Waals surface area contributed by atoms with Crippen LogP contribution >= 0.6 is 0 Å². The lowest BCUT2D eigenvalue weighted by Gasteiger charge is -2.13. The molecule has 0 fully saturated rings. The van der Waals surface area contributed by atoms with Crippen molar-refractivity contribution in [3.63, 3.8) is 0 Å². The maximum atomic E-state index is 13.1. The first-order valence-corrected chi connectivity index (χ1v) is 5.29. The second-order valence-corrected chi connectivity index (χ2v) is 3.90. The maximum Gasteiger partial charge on any atom is 0.323 e. The number of ether oxygens (including phenoxy) is 1. The van der Waals surface area contributed by atoms with Gasteiger partial charge in [-0.05, 0) is 42.6 Å². The minimum absolute atomic E-state index is 0.260. The van der Waals surface area contributed by atoms with Crippen LogP contribution in [0.2, 0.25) is 0 Å². The fourth-order valence-electron chi connectivity index (χ4n) is 2.01. The van der Waals surface area contributed by atoms with Crippen LogP contribution in [0.5, 0.6) is 0 Å². The molecule has 1 atom stereocenters. The van der Waals surface area contributed by atoms with E-state index in [1.807, 2.05) is 0 Å². The summed E-state index contributed by atoms with van der Waals surface area (Å²) in [6.45, 7) is 0.707. The number of hydrogen-bond acceptors (Lipinski definition) is 3. The zero-order valence-corrected chi connectivity index (χ0v) is 9.13. The average molecular weight is 223 g/mol. The summed E-state index contributed by atoms with van der Waals surface area (Å²) in [5.74, 6) is -0.554. The van der Waals surface area contributed by atoms with Crippen LogP contribution in [-0.2, 0) is 22.4 Å². The molecule has 1 N–H and O–H groups in total. The standard InChI is InChI=1S/C12H14FNO2/c1-16-12(15)11-7-9-6-10(13)3-2-8(9)4-5-14-11/h2-3,6,11,14H,4-5,7H2,1H3. The quantitative estimate of drug-likeness (QED) is 0.723. The summed E-state index contributed by atoms with van der Waals surface area (Å²) in [5, 5.41) is 3.10. The van der Waals surface area contributed by atoms with E-state index < -0.39 is 0 Å². The number of hydrogen-bond donors (Lipinski definition) is 1. The molecular weight excluding hydrogens is 209 g/mol. The van der Waals surface area contributed by atoms with E-state index in [4.69, 9.17) is 4.74 Å². The van der Waals surface area contributed by atoms with Gasteiger partial charge in [-0.2, -0.15) is 0 Å². The van der Waals surface area contributed by atoms with E-state index in [9.17, 15) is 9.18 Å². The van der Waals surface area contributed by atoms with E-state index in [1.165, 1.54) is 19.2 Å². The fourth-order valence-corrected chi connectivity index (χ4v) is 2.01. The summed E-state index contributed by atoms with van der Waals surface area (Å²) >= 11 is 0. The van der Waals surface area contributed by atoms with Crippen molar-refractivity contribution in [2.45, 2.75) is 18.9 Å². The predicted molar refractivity (Wildman–Crippen MR) is 57.6 cm³/mol. The number of nitrogens with one attached hydrogen (secondary N) is 1. The van der Waals surface area contributed by atoms with E-state index in [0.29, 0.717) is 13.0 Å². The van der Waals surface area contributed by atoms with Gasteiger partial charge >= 0.3 is 5.97 Å². The molecule has 0 bridgehead atoms. The number of fused-ring (bicyclic) bond motifs is 1. The van der Waals surface area contributed by atoms with Crippen LogP contribution in [0.15, 0.2) is 18.2 Å². The number of carbonyl (C=O) groups excluding carboxylic acids is 1. The summed E-state index contributed by atoms with van der Waals surface area (Å²) in [5.41, 5.74) is 1.99. The molecule has 0 saturated heterocycles. The van der Waals surface area contributed by atoms with Crippen LogP contribution in [0.4, 0.5) is 4.39 Å². The minimum atomic E-state index is -0.368. The number of methoxy groups -OCH3 is 1. The van der Waals surface area contributed by atoms with Crippen molar-refractivity contribution in [3.8, 4) is 0 Å². The predicted octanol–water partition coefficient (Wildman–Crippen LogP) is 1.06. The molecule has 1 unspecified atom stereocenters. The number of halogens is 1. The molecule has 1 aliphatic rings. The zero-order valence-electron chi connectivity index (χ0n) is 9.13. The molecule has 0 spiro atoms. The van der Waals surface area contributed by atoms with Crippen molar-refractivity contribution >= 4 is 5.97 Å². The lowest BCUT2D eigenvalue weighted by Crippen LogP contribution is -2.38. The molecule has 1 heterocycles. The highest BCUT2D eigenvalue weighted by Gasteiger charge is 2.23. The Labute approximate surface area is 93.6 Å². The van der Waals surface area contributed by atoms with E-state index in [1.54, 1.807) is 6.07 Å². The molecule has 86 valence electrons. The van der Waals surface area contributed by atoms with E-state index in [-0.39, 0.29) is 17.8 Å². The molecule has 0 aromatic heterocycles. The highest BCUT2D eigenvalue weighted by Crippen LogP contribution is 2.17. The fraction of sp³-hybridized carbons (Fsp3) is 0.417. The van der Waals surface area contributed by atoms with Crippen molar-refractivity contribution in [1.82, 2.24) is 5.32 Å². The van der Waals surface area contributed by atoms with Gasteiger partial charge in [0.05, 0.1) is 7.11 Å². The first-order valence-electron chi connectivity index (χ1n) is 5.29. The first-order chi connectivity index (χ1) is 7.70. The molecule has 0 aliphatic carbocycles. The molecule has 1 aromatic carbocycles. The molecule has 0 saturated carbocycles. The van der Waals surface area contributed by atoms with E-state index >= 15 is 0 Å². The third-order valence-corrected chi connectivity index (χ3v) is 2.86. The zero-order chi connectivity index (χ0) is 11.5. The first kappa shape index (κ1) is 11.1. The second kappa shape index (κ2) is 4.61. The molecule has 0 amide bonds. The summed E-state index contributed by atoms with van der Waals surface area (Å²) in [6.07, 6.45) is 1.29. The summed E-state index contributed by atoms with van der Waals surface area (Å²) < 4.78 is 17.8. The Kier molecular flexibility index (Phi) is 3.19. The Morgan fingerprint density at radius 3 is 3.06 bits per heavy atom. The van der Waals surface area contributed by atoms with E-state index in [2.05, 4.69) is 5.32 Å². The molecule has 2 rings (SSSR count). The minimum Gasteiger partial charge on any atom is -0.468 e. The number of rotatable bonds is 1. The smallest absolute Gasteiger partial charge is 0.323 e. The lowest BCUT2D eigenvalue weighted by molar-refractivity contribution is -0.143. The second-order valence-electron chi connectivity index (χ2n) is 3.90. The molecule has 16 heavy (non-hydrogen) atoms. The maximum absolute atomic E-state index is 13.1. The van der Waals surface area contributed by atoms with Crippen molar-refractivity contribution in [2.75, 3.05) is 13.7 Å². The van der Waals surface area contributed by atoms with Crippen molar-refractivity contribution < 1.29 is 13.9 Å². The largest absolute Gasteiger partial charge is 0.468 e. The van der Waals surface area contributed by atoms with Gasteiger partial charge < -0.3 is 10.1 Å². The van der Waals surface area contributed by atoms with Crippen LogP contribution in [0, 0.1) is 5.82 Å². The van der Waals surface area contributed by atoms with Gasteiger partial charge in [-0.3, -0.25) is 4.79 Å². The molecular formula is C12H14FNO2. The Balaban J connectivity index is 2.25. The number of esters is 1.